The quantitative estimate of drug-likeness (QED) is 0.738. The second-order valence-electron chi connectivity index (χ2n) is 3.37. The maximum absolute atomic E-state index is 5.19. The Labute approximate surface area is 81.5 Å². The molecule has 0 amide bonds. The molecule has 1 aliphatic heterocycles. The van der Waals surface area contributed by atoms with Crippen LogP contribution in [0.25, 0.3) is 11.0 Å². The van der Waals surface area contributed by atoms with Gasteiger partial charge in [0.2, 0.25) is 5.95 Å². The van der Waals surface area contributed by atoms with Crippen molar-refractivity contribution >= 4 is 17.0 Å². The summed E-state index contributed by atoms with van der Waals surface area (Å²) in [6.07, 6.45) is 0. The zero-order chi connectivity index (χ0) is 9.54. The van der Waals surface area contributed by atoms with E-state index in [0.29, 0.717) is 0 Å². The molecule has 2 heterocycles. The van der Waals surface area contributed by atoms with Gasteiger partial charge in [-0.3, -0.25) is 0 Å². The fraction of sp³-hybridized carbons (Fsp3) is 0.300. The van der Waals surface area contributed by atoms with Crippen LogP contribution in [-0.2, 0) is 6.54 Å². The number of rotatable bonds is 1. The van der Waals surface area contributed by atoms with Gasteiger partial charge in [-0.25, -0.2) is 4.98 Å². The van der Waals surface area contributed by atoms with Crippen LogP contribution in [0.5, 0.6) is 5.75 Å². The van der Waals surface area contributed by atoms with E-state index in [-0.39, 0.29) is 0 Å². The van der Waals surface area contributed by atoms with Gasteiger partial charge < -0.3 is 14.6 Å². The third-order valence-corrected chi connectivity index (χ3v) is 2.57. The number of hydrogen-bond acceptors (Lipinski definition) is 3. The molecule has 4 nitrogen and oxygen atoms in total. The number of nitrogens with zero attached hydrogens (tertiary/aromatic N) is 2. The second-order valence-corrected chi connectivity index (χ2v) is 3.37. The molecule has 0 bridgehead atoms. The van der Waals surface area contributed by atoms with Crippen molar-refractivity contribution in [2.75, 3.05) is 19.0 Å². The van der Waals surface area contributed by atoms with Gasteiger partial charge in [0, 0.05) is 19.2 Å². The Morgan fingerprint density at radius 3 is 3.29 bits per heavy atom. The summed E-state index contributed by atoms with van der Waals surface area (Å²) < 4.78 is 7.37. The lowest BCUT2D eigenvalue weighted by molar-refractivity contribution is 0.415. The Morgan fingerprint density at radius 1 is 1.50 bits per heavy atom. The number of nitrogens with one attached hydrogen (secondary N) is 1. The standard InChI is InChI=1S/C10H11N3O/c1-14-7-2-3-8-9(6-7)13-5-4-11-10(13)12-8/h2-3,6H,4-5H2,1H3,(H,11,12). The summed E-state index contributed by atoms with van der Waals surface area (Å²) >= 11 is 0. The molecule has 1 aromatic carbocycles. The Bertz CT molecular complexity index is 489. The van der Waals surface area contributed by atoms with Crippen molar-refractivity contribution in [2.45, 2.75) is 6.54 Å². The first-order valence-corrected chi connectivity index (χ1v) is 4.66. The monoisotopic (exact) mass is 189 g/mol. The summed E-state index contributed by atoms with van der Waals surface area (Å²) in [4.78, 5) is 4.46. The van der Waals surface area contributed by atoms with Crippen LogP contribution in [-0.4, -0.2) is 23.2 Å². The largest absolute Gasteiger partial charge is 0.497 e. The number of methoxy groups -OCH3 is 1. The van der Waals surface area contributed by atoms with Crippen LogP contribution >= 0.6 is 0 Å². The highest BCUT2D eigenvalue weighted by molar-refractivity contribution is 5.80. The lowest BCUT2D eigenvalue weighted by Gasteiger charge is -2.00. The molecule has 3 rings (SSSR count). The number of anilines is 1. The normalized spacial score (nSPS) is 14.1. The van der Waals surface area contributed by atoms with Crippen molar-refractivity contribution in [1.82, 2.24) is 9.55 Å². The molecule has 0 spiro atoms. The number of benzene rings is 1. The number of hydrogen-bond donors (Lipinski definition) is 1. The first-order chi connectivity index (χ1) is 6.88. The second kappa shape index (κ2) is 2.64. The highest BCUT2D eigenvalue weighted by Gasteiger charge is 2.15. The fourth-order valence-electron chi connectivity index (χ4n) is 1.87. The third-order valence-electron chi connectivity index (χ3n) is 2.57. The molecule has 0 aliphatic carbocycles. The average Bonchev–Trinajstić information content (AvgIpc) is 2.76. The predicted molar refractivity (Wildman–Crippen MR) is 54.8 cm³/mol. The lowest BCUT2D eigenvalue weighted by Crippen LogP contribution is -1.95. The molecular formula is C10H11N3O. The number of ether oxygens (including phenoxy) is 1. The highest BCUT2D eigenvalue weighted by atomic mass is 16.5. The summed E-state index contributed by atoms with van der Waals surface area (Å²) in [5.41, 5.74) is 2.16. The number of aromatic nitrogens is 2. The minimum atomic E-state index is 0.882. The van der Waals surface area contributed by atoms with E-state index < -0.39 is 0 Å². The highest BCUT2D eigenvalue weighted by Crippen LogP contribution is 2.26. The zero-order valence-electron chi connectivity index (χ0n) is 7.95. The van der Waals surface area contributed by atoms with E-state index in [2.05, 4.69) is 14.9 Å². The fourth-order valence-corrected chi connectivity index (χ4v) is 1.87. The number of fused-ring (bicyclic) bond motifs is 3. The van der Waals surface area contributed by atoms with E-state index in [1.807, 2.05) is 18.2 Å². The molecule has 2 aromatic rings. The molecular weight excluding hydrogens is 178 g/mol. The molecule has 4 heteroatoms. The molecule has 1 aliphatic rings. The molecule has 0 unspecified atom stereocenters. The van der Waals surface area contributed by atoms with E-state index >= 15 is 0 Å². The smallest absolute Gasteiger partial charge is 0.204 e. The summed E-state index contributed by atoms with van der Waals surface area (Å²) in [5, 5.41) is 3.24. The van der Waals surface area contributed by atoms with Gasteiger partial charge in [-0.15, -0.1) is 0 Å². The van der Waals surface area contributed by atoms with Crippen molar-refractivity contribution in [3.8, 4) is 5.75 Å². The minimum absolute atomic E-state index is 0.882. The molecule has 0 atom stereocenters. The topological polar surface area (TPSA) is 39.1 Å². The van der Waals surface area contributed by atoms with Gasteiger partial charge in [-0.1, -0.05) is 0 Å². The van der Waals surface area contributed by atoms with E-state index in [4.69, 9.17) is 4.74 Å². The first kappa shape index (κ1) is 7.67. The van der Waals surface area contributed by atoms with E-state index in [1.54, 1.807) is 7.11 Å². The Kier molecular flexibility index (Phi) is 1.45. The van der Waals surface area contributed by atoms with Gasteiger partial charge in [-0.05, 0) is 12.1 Å². The molecule has 0 saturated carbocycles. The predicted octanol–water partition coefficient (Wildman–Crippen LogP) is 1.47. The maximum Gasteiger partial charge on any atom is 0.204 e. The molecule has 0 saturated heterocycles. The van der Waals surface area contributed by atoms with Crippen molar-refractivity contribution in [3.05, 3.63) is 18.2 Å². The van der Waals surface area contributed by atoms with Gasteiger partial charge in [0.05, 0.1) is 18.1 Å². The zero-order valence-corrected chi connectivity index (χ0v) is 7.95. The van der Waals surface area contributed by atoms with Crippen LogP contribution in [0.15, 0.2) is 18.2 Å². The van der Waals surface area contributed by atoms with Gasteiger partial charge in [0.25, 0.3) is 0 Å². The van der Waals surface area contributed by atoms with Crippen molar-refractivity contribution in [2.24, 2.45) is 0 Å². The summed E-state index contributed by atoms with van der Waals surface area (Å²) in [6.45, 7) is 1.95. The van der Waals surface area contributed by atoms with Crippen LogP contribution in [0, 0.1) is 0 Å². The molecule has 0 fully saturated rings. The van der Waals surface area contributed by atoms with E-state index in [0.717, 1.165) is 35.8 Å². The maximum atomic E-state index is 5.19. The van der Waals surface area contributed by atoms with Crippen LogP contribution in [0.4, 0.5) is 5.95 Å². The third kappa shape index (κ3) is 0.907. The SMILES string of the molecule is COc1ccc2nc3n(c2c1)CCN3. The number of imidazole rings is 1. The Balaban J connectivity index is 2.29. The van der Waals surface area contributed by atoms with Gasteiger partial charge in [0.1, 0.15) is 5.75 Å². The molecule has 1 N–H and O–H groups in total. The Hall–Kier alpha value is -1.71. The van der Waals surface area contributed by atoms with Crippen molar-refractivity contribution < 1.29 is 4.74 Å². The average molecular weight is 189 g/mol. The molecule has 0 radical (unpaired) electrons. The summed E-state index contributed by atoms with van der Waals surface area (Å²) in [6, 6.07) is 5.95. The van der Waals surface area contributed by atoms with E-state index in [1.165, 1.54) is 0 Å². The van der Waals surface area contributed by atoms with Crippen LogP contribution < -0.4 is 10.1 Å². The lowest BCUT2D eigenvalue weighted by atomic mass is 10.3. The van der Waals surface area contributed by atoms with Crippen LogP contribution in [0.3, 0.4) is 0 Å². The van der Waals surface area contributed by atoms with Gasteiger partial charge in [0.15, 0.2) is 0 Å². The van der Waals surface area contributed by atoms with Gasteiger partial charge in [-0.2, -0.15) is 0 Å². The van der Waals surface area contributed by atoms with E-state index in [9.17, 15) is 0 Å². The molecule has 1 aromatic heterocycles. The molecule has 14 heavy (non-hydrogen) atoms. The molecule has 72 valence electrons. The summed E-state index contributed by atoms with van der Waals surface area (Å²) in [5.74, 6) is 1.85. The first-order valence-electron chi connectivity index (χ1n) is 4.66. The Morgan fingerprint density at radius 2 is 2.43 bits per heavy atom. The minimum Gasteiger partial charge on any atom is -0.497 e. The van der Waals surface area contributed by atoms with Crippen LogP contribution in [0.1, 0.15) is 0 Å². The van der Waals surface area contributed by atoms with Gasteiger partial charge >= 0.3 is 0 Å². The van der Waals surface area contributed by atoms with Crippen molar-refractivity contribution in [3.63, 3.8) is 0 Å². The van der Waals surface area contributed by atoms with Crippen molar-refractivity contribution in [1.29, 1.82) is 0 Å². The van der Waals surface area contributed by atoms with Crippen LogP contribution in [0.2, 0.25) is 0 Å². The summed E-state index contributed by atoms with van der Waals surface area (Å²) in [7, 11) is 1.68.